The van der Waals surface area contributed by atoms with Crippen molar-refractivity contribution in [3.05, 3.63) is 54.0 Å². The second-order valence-corrected chi connectivity index (χ2v) is 7.40. The standard InChI is InChI=1S/C21H24N6O/c1-14-4-5-15(12-19(14)27-11-8-16(13-27)26(2)3)24-21(28)18-7-6-17-20(25-18)23-10-9-22-17/h4-7,9-10,12,16H,8,11,13H2,1-3H3,(H,24,28). The predicted molar refractivity (Wildman–Crippen MR) is 111 cm³/mol. The van der Waals surface area contributed by atoms with Crippen LogP contribution in [0, 0.1) is 6.92 Å². The van der Waals surface area contributed by atoms with E-state index in [0.29, 0.717) is 22.9 Å². The maximum absolute atomic E-state index is 12.7. The summed E-state index contributed by atoms with van der Waals surface area (Å²) in [6, 6.07) is 10.0. The van der Waals surface area contributed by atoms with Crippen LogP contribution in [0.3, 0.4) is 0 Å². The molecule has 3 heterocycles. The zero-order chi connectivity index (χ0) is 19.7. The first-order valence-corrected chi connectivity index (χ1v) is 9.42. The molecule has 1 N–H and O–H groups in total. The van der Waals surface area contributed by atoms with E-state index in [-0.39, 0.29) is 5.91 Å². The summed E-state index contributed by atoms with van der Waals surface area (Å²) in [6.07, 6.45) is 4.32. The number of benzene rings is 1. The van der Waals surface area contributed by atoms with Crippen LogP contribution in [0.1, 0.15) is 22.5 Å². The highest BCUT2D eigenvalue weighted by atomic mass is 16.1. The second-order valence-electron chi connectivity index (χ2n) is 7.40. The van der Waals surface area contributed by atoms with Gasteiger partial charge < -0.3 is 15.1 Å². The molecule has 1 amide bonds. The minimum Gasteiger partial charge on any atom is -0.370 e. The first kappa shape index (κ1) is 18.3. The number of aryl methyl sites for hydroxylation is 1. The minimum absolute atomic E-state index is 0.255. The molecule has 1 atom stereocenters. The summed E-state index contributed by atoms with van der Waals surface area (Å²) < 4.78 is 0. The van der Waals surface area contributed by atoms with E-state index < -0.39 is 0 Å². The van der Waals surface area contributed by atoms with Gasteiger partial charge in [-0.2, -0.15) is 0 Å². The van der Waals surface area contributed by atoms with Crippen molar-refractivity contribution in [2.24, 2.45) is 0 Å². The smallest absolute Gasteiger partial charge is 0.274 e. The Morgan fingerprint density at radius 2 is 2.00 bits per heavy atom. The zero-order valence-corrected chi connectivity index (χ0v) is 16.4. The molecular weight excluding hydrogens is 352 g/mol. The molecule has 0 spiro atoms. The van der Waals surface area contributed by atoms with Crippen molar-refractivity contribution in [2.45, 2.75) is 19.4 Å². The topological polar surface area (TPSA) is 74.2 Å². The van der Waals surface area contributed by atoms with Gasteiger partial charge in [-0.3, -0.25) is 9.78 Å². The van der Waals surface area contributed by atoms with Crippen molar-refractivity contribution in [3.63, 3.8) is 0 Å². The van der Waals surface area contributed by atoms with Gasteiger partial charge in [-0.05, 0) is 57.3 Å². The van der Waals surface area contributed by atoms with Gasteiger partial charge in [-0.1, -0.05) is 6.07 Å². The molecule has 0 saturated carbocycles. The highest BCUT2D eigenvalue weighted by molar-refractivity contribution is 6.04. The van der Waals surface area contributed by atoms with Crippen molar-refractivity contribution in [3.8, 4) is 0 Å². The molecule has 28 heavy (non-hydrogen) atoms. The summed E-state index contributed by atoms with van der Waals surface area (Å²) in [7, 11) is 4.25. The summed E-state index contributed by atoms with van der Waals surface area (Å²) in [4.78, 5) is 30.0. The highest BCUT2D eigenvalue weighted by Gasteiger charge is 2.25. The van der Waals surface area contributed by atoms with Crippen molar-refractivity contribution >= 4 is 28.4 Å². The average molecular weight is 376 g/mol. The Labute approximate surface area is 164 Å². The number of carbonyl (C=O) groups excluding carboxylic acids is 1. The number of amides is 1. The Kier molecular flexibility index (Phi) is 4.92. The lowest BCUT2D eigenvalue weighted by atomic mass is 10.1. The van der Waals surface area contributed by atoms with Gasteiger partial charge >= 0.3 is 0 Å². The van der Waals surface area contributed by atoms with Crippen LogP contribution in [-0.4, -0.2) is 59.0 Å². The number of aromatic nitrogens is 3. The third kappa shape index (κ3) is 3.66. The van der Waals surface area contributed by atoms with Crippen molar-refractivity contribution in [1.82, 2.24) is 19.9 Å². The molecule has 1 fully saturated rings. The average Bonchev–Trinajstić information content (AvgIpc) is 3.19. The summed E-state index contributed by atoms with van der Waals surface area (Å²) in [5.41, 5.74) is 4.59. The molecular formula is C21H24N6O. The molecule has 4 rings (SSSR count). The van der Waals surface area contributed by atoms with Gasteiger partial charge in [-0.25, -0.2) is 9.97 Å². The fourth-order valence-corrected chi connectivity index (χ4v) is 3.59. The minimum atomic E-state index is -0.255. The lowest BCUT2D eigenvalue weighted by Crippen LogP contribution is -2.31. The molecule has 7 nitrogen and oxygen atoms in total. The maximum Gasteiger partial charge on any atom is 0.274 e. The molecule has 0 aliphatic carbocycles. The number of anilines is 2. The van der Waals surface area contributed by atoms with Gasteiger partial charge in [0.2, 0.25) is 0 Å². The van der Waals surface area contributed by atoms with E-state index in [9.17, 15) is 4.79 Å². The summed E-state index contributed by atoms with van der Waals surface area (Å²) in [6.45, 7) is 4.12. The lowest BCUT2D eigenvalue weighted by molar-refractivity contribution is 0.102. The van der Waals surface area contributed by atoms with Crippen LogP contribution in [0.25, 0.3) is 11.2 Å². The Bertz CT molecular complexity index is 1020. The third-order valence-electron chi connectivity index (χ3n) is 5.27. The number of hydrogen-bond acceptors (Lipinski definition) is 6. The number of carbonyl (C=O) groups is 1. The number of nitrogens with zero attached hydrogens (tertiary/aromatic N) is 5. The van der Waals surface area contributed by atoms with Crippen LogP contribution in [0.5, 0.6) is 0 Å². The van der Waals surface area contributed by atoms with E-state index >= 15 is 0 Å². The fourth-order valence-electron chi connectivity index (χ4n) is 3.59. The van der Waals surface area contributed by atoms with Crippen molar-refractivity contribution in [2.75, 3.05) is 37.4 Å². The number of hydrogen-bond donors (Lipinski definition) is 1. The van der Waals surface area contributed by atoms with Crippen molar-refractivity contribution in [1.29, 1.82) is 0 Å². The van der Waals surface area contributed by atoms with Gasteiger partial charge in [0.15, 0.2) is 5.65 Å². The Morgan fingerprint density at radius 3 is 2.79 bits per heavy atom. The van der Waals surface area contributed by atoms with Crippen LogP contribution < -0.4 is 10.2 Å². The molecule has 1 aliphatic heterocycles. The van der Waals surface area contributed by atoms with Crippen LogP contribution in [0.15, 0.2) is 42.7 Å². The Balaban J connectivity index is 1.53. The van der Waals surface area contributed by atoms with E-state index in [1.165, 1.54) is 11.3 Å². The molecule has 1 aromatic carbocycles. The van der Waals surface area contributed by atoms with Crippen molar-refractivity contribution < 1.29 is 4.79 Å². The zero-order valence-electron chi connectivity index (χ0n) is 16.4. The van der Waals surface area contributed by atoms with E-state index in [0.717, 1.165) is 25.2 Å². The van der Waals surface area contributed by atoms with E-state index in [1.54, 1.807) is 24.5 Å². The molecule has 1 unspecified atom stereocenters. The predicted octanol–water partition coefficient (Wildman–Crippen LogP) is 2.73. The largest absolute Gasteiger partial charge is 0.370 e. The van der Waals surface area contributed by atoms with Crippen LogP contribution in [-0.2, 0) is 0 Å². The van der Waals surface area contributed by atoms with Crippen LogP contribution >= 0.6 is 0 Å². The van der Waals surface area contributed by atoms with Crippen LogP contribution in [0.4, 0.5) is 11.4 Å². The maximum atomic E-state index is 12.7. The number of nitrogens with one attached hydrogen (secondary N) is 1. The van der Waals surface area contributed by atoms with Crippen LogP contribution in [0.2, 0.25) is 0 Å². The molecule has 0 radical (unpaired) electrons. The van der Waals surface area contributed by atoms with E-state index in [2.05, 4.69) is 51.1 Å². The summed E-state index contributed by atoms with van der Waals surface area (Å²) in [5, 5.41) is 2.96. The number of pyridine rings is 1. The van der Waals surface area contributed by atoms with E-state index in [1.807, 2.05) is 18.2 Å². The summed E-state index contributed by atoms with van der Waals surface area (Å²) in [5.74, 6) is -0.255. The molecule has 2 aromatic heterocycles. The normalized spacial score (nSPS) is 16.7. The quantitative estimate of drug-likeness (QED) is 0.755. The monoisotopic (exact) mass is 376 g/mol. The second kappa shape index (κ2) is 7.52. The summed E-state index contributed by atoms with van der Waals surface area (Å²) >= 11 is 0. The van der Waals surface area contributed by atoms with Gasteiger partial charge in [-0.15, -0.1) is 0 Å². The van der Waals surface area contributed by atoms with Gasteiger partial charge in [0.25, 0.3) is 5.91 Å². The number of fused-ring (bicyclic) bond motifs is 1. The number of rotatable bonds is 4. The Hall–Kier alpha value is -3.06. The van der Waals surface area contributed by atoms with Gasteiger partial charge in [0.1, 0.15) is 11.2 Å². The third-order valence-corrected chi connectivity index (χ3v) is 5.27. The first-order chi connectivity index (χ1) is 13.5. The molecule has 0 bridgehead atoms. The van der Waals surface area contributed by atoms with Gasteiger partial charge in [0.05, 0.1) is 0 Å². The molecule has 1 saturated heterocycles. The molecule has 144 valence electrons. The fraction of sp³-hybridized carbons (Fsp3) is 0.333. The first-order valence-electron chi connectivity index (χ1n) is 9.42. The molecule has 3 aromatic rings. The highest BCUT2D eigenvalue weighted by Crippen LogP contribution is 2.28. The van der Waals surface area contributed by atoms with E-state index in [4.69, 9.17) is 0 Å². The number of likely N-dealkylation sites (N-methyl/N-ethyl adjacent to an activating group) is 1. The molecule has 7 heteroatoms. The lowest BCUT2D eigenvalue weighted by Gasteiger charge is -2.24. The van der Waals surface area contributed by atoms with Gasteiger partial charge in [0, 0.05) is 42.9 Å². The SMILES string of the molecule is Cc1ccc(NC(=O)c2ccc3nccnc3n2)cc1N1CCC(N(C)C)C1. The Morgan fingerprint density at radius 1 is 1.18 bits per heavy atom. The molecule has 1 aliphatic rings.